The standard InChI is InChI=1S/C12H16N6/c1-6-7-5-8-9(13)15-16-10(8)14-11(7)18(17-6)12(2,3)4/h5,17H,1-4H3,(H2,13,15). The molecule has 3 heterocycles. The van der Waals surface area contributed by atoms with E-state index in [1.54, 1.807) is 0 Å². The molecule has 0 aliphatic heterocycles. The van der Waals surface area contributed by atoms with Crippen molar-refractivity contribution in [2.75, 3.05) is 5.73 Å². The molecule has 0 atom stereocenters. The Balaban J connectivity index is 2.46. The smallest absolute Gasteiger partial charge is 0.187 e. The molecule has 0 unspecified atom stereocenters. The van der Waals surface area contributed by atoms with Gasteiger partial charge < -0.3 is 10.8 Å². The lowest BCUT2D eigenvalue weighted by Gasteiger charge is -2.21. The molecule has 0 fully saturated rings. The number of nitrogens with two attached hydrogens (primary N) is 1. The maximum atomic E-state index is 5.78. The quantitative estimate of drug-likeness (QED) is 0.633. The Hall–Kier alpha value is -2.11. The third-order valence-corrected chi connectivity index (χ3v) is 3.08. The number of hydrogen-bond acceptors (Lipinski definition) is 4. The van der Waals surface area contributed by atoms with Gasteiger partial charge in [0, 0.05) is 11.1 Å². The molecule has 0 radical (unpaired) electrons. The van der Waals surface area contributed by atoms with Gasteiger partial charge in [0.25, 0.3) is 0 Å². The number of pyridine rings is 1. The summed E-state index contributed by atoms with van der Waals surface area (Å²) in [5, 5.41) is 13.1. The Morgan fingerprint density at radius 2 is 1.94 bits per heavy atom. The van der Waals surface area contributed by atoms with E-state index in [0.717, 1.165) is 22.1 Å². The number of nitrogen functional groups attached to an aromatic ring is 1. The summed E-state index contributed by atoms with van der Waals surface area (Å²) in [6.07, 6.45) is 0. The molecule has 0 saturated heterocycles. The molecule has 94 valence electrons. The van der Waals surface area contributed by atoms with Gasteiger partial charge in [-0.3, -0.25) is 4.68 Å². The number of fused-ring (bicyclic) bond motifs is 2. The van der Waals surface area contributed by atoms with Crippen molar-refractivity contribution in [3.05, 3.63) is 11.8 Å². The van der Waals surface area contributed by atoms with Gasteiger partial charge in [-0.1, -0.05) is 0 Å². The van der Waals surface area contributed by atoms with Crippen LogP contribution in [0.3, 0.4) is 0 Å². The van der Waals surface area contributed by atoms with Gasteiger partial charge in [0.15, 0.2) is 17.1 Å². The van der Waals surface area contributed by atoms with Crippen LogP contribution in [0.5, 0.6) is 0 Å². The van der Waals surface area contributed by atoms with Crippen molar-refractivity contribution in [1.82, 2.24) is 25.0 Å². The molecule has 6 heteroatoms. The van der Waals surface area contributed by atoms with Crippen LogP contribution in [0.25, 0.3) is 22.1 Å². The third kappa shape index (κ3) is 1.38. The highest BCUT2D eigenvalue weighted by Gasteiger charge is 2.20. The highest BCUT2D eigenvalue weighted by Crippen LogP contribution is 2.27. The Morgan fingerprint density at radius 1 is 1.22 bits per heavy atom. The lowest BCUT2D eigenvalue weighted by atomic mass is 10.1. The number of aromatic nitrogens is 5. The summed E-state index contributed by atoms with van der Waals surface area (Å²) in [5.74, 6) is 0.433. The fraction of sp³-hybridized carbons (Fsp3) is 0.417. The van der Waals surface area contributed by atoms with Crippen molar-refractivity contribution in [2.24, 2.45) is 0 Å². The number of rotatable bonds is 0. The molecule has 3 aromatic heterocycles. The fourth-order valence-electron chi connectivity index (χ4n) is 2.13. The van der Waals surface area contributed by atoms with Crippen molar-refractivity contribution in [1.29, 1.82) is 0 Å². The van der Waals surface area contributed by atoms with E-state index >= 15 is 0 Å². The molecule has 3 N–H and O–H groups in total. The van der Waals surface area contributed by atoms with Crippen LogP contribution in [-0.2, 0) is 5.54 Å². The first-order chi connectivity index (χ1) is 8.38. The second-order valence-corrected chi connectivity index (χ2v) is 5.56. The average molecular weight is 244 g/mol. The molecule has 3 rings (SSSR count). The fourth-order valence-corrected chi connectivity index (χ4v) is 2.13. The van der Waals surface area contributed by atoms with Gasteiger partial charge in [-0.25, -0.2) is 4.98 Å². The Morgan fingerprint density at radius 3 is 2.61 bits per heavy atom. The van der Waals surface area contributed by atoms with Gasteiger partial charge in [-0.2, -0.15) is 0 Å². The predicted octanol–water partition coefficient (Wildman–Crippen LogP) is 1.95. The first-order valence-electron chi connectivity index (χ1n) is 5.88. The van der Waals surface area contributed by atoms with Crippen molar-refractivity contribution in [2.45, 2.75) is 33.2 Å². The lowest BCUT2D eigenvalue weighted by Crippen LogP contribution is -2.23. The first-order valence-corrected chi connectivity index (χ1v) is 5.88. The summed E-state index contributed by atoms with van der Waals surface area (Å²) in [6.45, 7) is 8.40. The number of nitrogens with zero attached hydrogens (tertiary/aromatic N) is 4. The van der Waals surface area contributed by atoms with Crippen LogP contribution in [-0.4, -0.2) is 25.0 Å². The summed E-state index contributed by atoms with van der Waals surface area (Å²) in [7, 11) is 0. The Bertz CT molecular complexity index is 743. The van der Waals surface area contributed by atoms with Crippen LogP contribution in [0.4, 0.5) is 5.82 Å². The number of H-pyrrole nitrogens is 1. The zero-order chi connectivity index (χ0) is 13.1. The minimum absolute atomic E-state index is 0.0707. The zero-order valence-electron chi connectivity index (χ0n) is 10.9. The maximum absolute atomic E-state index is 5.78. The Kier molecular flexibility index (Phi) is 1.97. The minimum atomic E-state index is -0.0707. The molecule has 3 aromatic rings. The Labute approximate surface area is 104 Å². The molecule has 0 aromatic carbocycles. The van der Waals surface area contributed by atoms with Gasteiger partial charge in [0.05, 0.1) is 10.9 Å². The first kappa shape index (κ1) is 11.0. The molecular formula is C12H16N6. The second kappa shape index (κ2) is 3.22. The third-order valence-electron chi connectivity index (χ3n) is 3.08. The van der Waals surface area contributed by atoms with E-state index in [0.29, 0.717) is 11.5 Å². The highest BCUT2D eigenvalue weighted by molar-refractivity contribution is 5.96. The van der Waals surface area contributed by atoms with E-state index in [4.69, 9.17) is 5.73 Å². The minimum Gasteiger partial charge on any atom is -0.382 e. The summed E-state index contributed by atoms with van der Waals surface area (Å²) in [4.78, 5) is 4.56. The summed E-state index contributed by atoms with van der Waals surface area (Å²) >= 11 is 0. The highest BCUT2D eigenvalue weighted by atomic mass is 15.3. The van der Waals surface area contributed by atoms with Crippen LogP contribution in [0, 0.1) is 6.92 Å². The summed E-state index contributed by atoms with van der Waals surface area (Å²) in [6, 6.07) is 2.00. The SMILES string of the molecule is Cc1[nH]n(C(C)(C)C)c2nc3nnc(N)c3cc12. The van der Waals surface area contributed by atoms with Crippen molar-refractivity contribution < 1.29 is 0 Å². The van der Waals surface area contributed by atoms with Crippen LogP contribution in [0.1, 0.15) is 26.5 Å². The van der Waals surface area contributed by atoms with Gasteiger partial charge >= 0.3 is 0 Å². The van der Waals surface area contributed by atoms with Crippen molar-refractivity contribution in [3.8, 4) is 0 Å². The summed E-state index contributed by atoms with van der Waals surface area (Å²) < 4.78 is 2.04. The topological polar surface area (TPSA) is 85.4 Å². The number of aromatic amines is 1. The normalized spacial score (nSPS) is 12.7. The number of hydrogen-bond donors (Lipinski definition) is 2. The zero-order valence-corrected chi connectivity index (χ0v) is 10.9. The van der Waals surface area contributed by atoms with E-state index in [9.17, 15) is 0 Å². The van der Waals surface area contributed by atoms with E-state index in [2.05, 4.69) is 41.1 Å². The maximum Gasteiger partial charge on any atom is 0.187 e. The van der Waals surface area contributed by atoms with Gasteiger partial charge in [0.1, 0.15) is 0 Å². The number of anilines is 1. The monoisotopic (exact) mass is 244 g/mol. The van der Waals surface area contributed by atoms with E-state index in [-0.39, 0.29) is 5.54 Å². The molecular weight excluding hydrogens is 228 g/mol. The number of nitrogens with one attached hydrogen (secondary N) is 1. The van der Waals surface area contributed by atoms with Gasteiger partial charge in [-0.05, 0) is 33.8 Å². The van der Waals surface area contributed by atoms with Crippen molar-refractivity contribution >= 4 is 27.9 Å². The average Bonchev–Trinajstić information content (AvgIpc) is 2.79. The molecule has 0 aliphatic rings. The summed E-state index contributed by atoms with van der Waals surface area (Å²) in [5.41, 5.74) is 8.25. The van der Waals surface area contributed by atoms with Crippen molar-refractivity contribution in [3.63, 3.8) is 0 Å². The van der Waals surface area contributed by atoms with Gasteiger partial charge in [0.2, 0.25) is 0 Å². The second-order valence-electron chi connectivity index (χ2n) is 5.56. The van der Waals surface area contributed by atoms with Crippen LogP contribution in [0.15, 0.2) is 6.07 Å². The van der Waals surface area contributed by atoms with Crippen LogP contribution in [0.2, 0.25) is 0 Å². The van der Waals surface area contributed by atoms with E-state index < -0.39 is 0 Å². The van der Waals surface area contributed by atoms with Gasteiger partial charge in [-0.15, -0.1) is 10.2 Å². The number of aryl methyl sites for hydroxylation is 1. The molecule has 0 aliphatic carbocycles. The van der Waals surface area contributed by atoms with E-state index in [1.807, 2.05) is 17.7 Å². The molecule has 0 spiro atoms. The molecule has 18 heavy (non-hydrogen) atoms. The van der Waals surface area contributed by atoms with Crippen LogP contribution >= 0.6 is 0 Å². The molecule has 0 bridgehead atoms. The van der Waals surface area contributed by atoms with Crippen LogP contribution < -0.4 is 5.73 Å². The van der Waals surface area contributed by atoms with E-state index in [1.165, 1.54) is 0 Å². The molecule has 0 amide bonds. The molecule has 6 nitrogen and oxygen atoms in total. The predicted molar refractivity (Wildman–Crippen MR) is 71.3 cm³/mol. The molecule has 0 saturated carbocycles. The lowest BCUT2D eigenvalue weighted by molar-refractivity contribution is 0.364. The largest absolute Gasteiger partial charge is 0.382 e.